The molecule has 1 heterocycles. The van der Waals surface area contributed by atoms with Crippen LogP contribution in [0.4, 0.5) is 0 Å². The lowest BCUT2D eigenvalue weighted by Crippen LogP contribution is -2.49. The average Bonchev–Trinajstić information content (AvgIpc) is 2.73. The number of rotatable bonds is 2. The summed E-state index contributed by atoms with van der Waals surface area (Å²) in [5, 5.41) is 0. The molecule has 0 aromatic heterocycles. The van der Waals surface area contributed by atoms with Crippen molar-refractivity contribution in [2.45, 2.75) is 55.4 Å². The van der Waals surface area contributed by atoms with E-state index in [-0.39, 0.29) is 17.2 Å². The Labute approximate surface area is 121 Å². The third-order valence-corrected chi connectivity index (χ3v) is 7.14. The number of benzene rings is 1. The Hall–Kier alpha value is -0.870. The lowest BCUT2D eigenvalue weighted by Gasteiger charge is -2.41. The summed E-state index contributed by atoms with van der Waals surface area (Å²) in [5.41, 5.74) is 7.26. The molecule has 0 amide bonds. The fourth-order valence-electron chi connectivity index (χ4n) is 3.90. The molecule has 0 spiro atoms. The fourth-order valence-corrected chi connectivity index (χ4v) is 5.88. The number of hydrogen-bond acceptors (Lipinski definition) is 3. The van der Waals surface area contributed by atoms with E-state index in [0.717, 1.165) is 37.2 Å². The summed E-state index contributed by atoms with van der Waals surface area (Å²) >= 11 is 0. The van der Waals surface area contributed by atoms with Gasteiger partial charge in [-0.15, -0.1) is 0 Å². The second-order valence-electron chi connectivity index (χ2n) is 6.46. The van der Waals surface area contributed by atoms with E-state index in [1.807, 2.05) is 12.1 Å². The van der Waals surface area contributed by atoms with E-state index >= 15 is 0 Å². The molecule has 2 N–H and O–H groups in total. The quantitative estimate of drug-likeness (QED) is 0.912. The van der Waals surface area contributed by atoms with Crippen LogP contribution in [-0.2, 0) is 9.84 Å². The van der Waals surface area contributed by atoms with Gasteiger partial charge in [0.2, 0.25) is 0 Å². The zero-order valence-corrected chi connectivity index (χ0v) is 12.8. The van der Waals surface area contributed by atoms with Crippen LogP contribution in [0.15, 0.2) is 29.2 Å². The van der Waals surface area contributed by atoms with Gasteiger partial charge in [-0.2, -0.15) is 0 Å². The predicted octanol–water partition coefficient (Wildman–Crippen LogP) is 2.86. The van der Waals surface area contributed by atoms with Crippen molar-refractivity contribution in [3.8, 4) is 0 Å². The third kappa shape index (κ3) is 2.19. The highest BCUT2D eigenvalue weighted by Crippen LogP contribution is 2.46. The molecule has 1 fully saturated rings. The van der Waals surface area contributed by atoms with Gasteiger partial charge in [0, 0.05) is 11.5 Å². The first-order chi connectivity index (χ1) is 9.46. The minimum absolute atomic E-state index is 0.0264. The minimum Gasteiger partial charge on any atom is -0.325 e. The summed E-state index contributed by atoms with van der Waals surface area (Å²) in [4.78, 5) is 0.507. The highest BCUT2D eigenvalue weighted by Gasteiger charge is 2.46. The molecule has 4 heteroatoms. The van der Waals surface area contributed by atoms with E-state index < -0.39 is 9.84 Å². The zero-order valence-electron chi connectivity index (χ0n) is 12.0. The maximum atomic E-state index is 12.3. The van der Waals surface area contributed by atoms with Crippen LogP contribution in [0.2, 0.25) is 0 Å². The van der Waals surface area contributed by atoms with Gasteiger partial charge in [0.1, 0.15) is 0 Å². The van der Waals surface area contributed by atoms with Gasteiger partial charge in [0.25, 0.3) is 0 Å². The van der Waals surface area contributed by atoms with E-state index in [1.165, 1.54) is 6.42 Å². The molecular formula is C16H23NO2S. The molecule has 110 valence electrons. The highest BCUT2D eigenvalue weighted by atomic mass is 32.2. The van der Waals surface area contributed by atoms with Crippen molar-refractivity contribution in [3.05, 3.63) is 29.8 Å². The molecule has 1 aliphatic carbocycles. The van der Waals surface area contributed by atoms with Gasteiger partial charge in [0.05, 0.1) is 10.6 Å². The van der Waals surface area contributed by atoms with Crippen molar-refractivity contribution >= 4 is 9.84 Å². The van der Waals surface area contributed by atoms with Gasteiger partial charge in [0.15, 0.2) is 9.84 Å². The number of sulfone groups is 1. The van der Waals surface area contributed by atoms with Gasteiger partial charge in [-0.25, -0.2) is 8.42 Å². The first-order valence-electron chi connectivity index (χ1n) is 7.57. The van der Waals surface area contributed by atoms with E-state index in [4.69, 9.17) is 5.73 Å². The Morgan fingerprint density at radius 2 is 1.90 bits per heavy atom. The van der Waals surface area contributed by atoms with Crippen molar-refractivity contribution in [1.29, 1.82) is 0 Å². The Balaban J connectivity index is 1.93. The minimum atomic E-state index is -3.14. The van der Waals surface area contributed by atoms with Crippen molar-refractivity contribution in [2.24, 2.45) is 11.7 Å². The van der Waals surface area contributed by atoms with Crippen LogP contribution < -0.4 is 5.73 Å². The second kappa shape index (κ2) is 4.85. The standard InChI is InChI=1S/C16H23NO2S/c1-2-12-7-9-16(17,10-8-12)14-11-20(18,19)15-6-4-3-5-13(14)15/h3-6,12,14H,2,7-11,17H2,1H3. The van der Waals surface area contributed by atoms with E-state index in [0.29, 0.717) is 4.90 Å². The summed E-state index contributed by atoms with van der Waals surface area (Å²) in [6.45, 7) is 2.23. The molecule has 1 aliphatic heterocycles. The average molecular weight is 293 g/mol. The Morgan fingerprint density at radius 3 is 2.55 bits per heavy atom. The molecule has 1 saturated carbocycles. The molecular weight excluding hydrogens is 270 g/mol. The molecule has 3 rings (SSSR count). The number of fused-ring (bicyclic) bond motifs is 1. The van der Waals surface area contributed by atoms with Crippen LogP contribution >= 0.6 is 0 Å². The lowest BCUT2D eigenvalue weighted by molar-refractivity contribution is 0.204. The number of hydrogen-bond donors (Lipinski definition) is 1. The molecule has 0 bridgehead atoms. The molecule has 20 heavy (non-hydrogen) atoms. The summed E-state index contributed by atoms with van der Waals surface area (Å²) in [5.74, 6) is 0.932. The highest BCUT2D eigenvalue weighted by molar-refractivity contribution is 7.91. The molecule has 0 radical (unpaired) electrons. The van der Waals surface area contributed by atoms with Crippen molar-refractivity contribution < 1.29 is 8.42 Å². The van der Waals surface area contributed by atoms with Crippen LogP contribution in [0.3, 0.4) is 0 Å². The van der Waals surface area contributed by atoms with Crippen molar-refractivity contribution in [1.82, 2.24) is 0 Å². The summed E-state index contributed by atoms with van der Waals surface area (Å²) in [7, 11) is -3.14. The molecule has 1 aromatic rings. The topological polar surface area (TPSA) is 60.2 Å². The third-order valence-electron chi connectivity index (χ3n) is 5.32. The Kier molecular flexibility index (Phi) is 3.41. The van der Waals surface area contributed by atoms with Crippen molar-refractivity contribution in [3.63, 3.8) is 0 Å². The monoisotopic (exact) mass is 293 g/mol. The van der Waals surface area contributed by atoms with E-state index in [9.17, 15) is 8.42 Å². The SMILES string of the molecule is CCC1CCC(N)(C2CS(=O)(=O)c3ccccc32)CC1. The van der Waals surface area contributed by atoms with Gasteiger partial charge in [-0.05, 0) is 43.2 Å². The van der Waals surface area contributed by atoms with E-state index in [1.54, 1.807) is 12.1 Å². The fraction of sp³-hybridized carbons (Fsp3) is 0.625. The van der Waals surface area contributed by atoms with Gasteiger partial charge in [-0.3, -0.25) is 0 Å². The number of nitrogens with two attached hydrogens (primary N) is 1. The van der Waals surface area contributed by atoms with E-state index in [2.05, 4.69) is 6.92 Å². The van der Waals surface area contributed by atoms with Crippen LogP contribution in [0, 0.1) is 5.92 Å². The summed E-state index contributed by atoms with van der Waals surface area (Å²) < 4.78 is 24.6. The largest absolute Gasteiger partial charge is 0.325 e. The normalized spacial score (nSPS) is 35.7. The maximum absolute atomic E-state index is 12.3. The van der Waals surface area contributed by atoms with Crippen LogP contribution in [0.5, 0.6) is 0 Å². The Morgan fingerprint density at radius 1 is 1.25 bits per heavy atom. The lowest BCUT2D eigenvalue weighted by atomic mass is 9.68. The van der Waals surface area contributed by atoms with Gasteiger partial charge < -0.3 is 5.73 Å². The maximum Gasteiger partial charge on any atom is 0.179 e. The first kappa shape index (κ1) is 14.1. The summed E-state index contributed by atoms with van der Waals surface area (Å²) in [6.07, 6.45) is 5.35. The van der Waals surface area contributed by atoms with Crippen LogP contribution in [0.1, 0.15) is 50.5 Å². The molecule has 1 aromatic carbocycles. The summed E-state index contributed by atoms with van der Waals surface area (Å²) in [6, 6.07) is 7.40. The first-order valence-corrected chi connectivity index (χ1v) is 9.22. The predicted molar refractivity (Wildman–Crippen MR) is 80.4 cm³/mol. The second-order valence-corrected chi connectivity index (χ2v) is 8.46. The smallest absolute Gasteiger partial charge is 0.179 e. The zero-order chi connectivity index (χ0) is 14.4. The molecule has 1 unspecified atom stereocenters. The van der Waals surface area contributed by atoms with Gasteiger partial charge >= 0.3 is 0 Å². The molecule has 3 nitrogen and oxygen atoms in total. The van der Waals surface area contributed by atoms with Crippen LogP contribution in [0.25, 0.3) is 0 Å². The molecule has 0 saturated heterocycles. The van der Waals surface area contributed by atoms with Gasteiger partial charge in [-0.1, -0.05) is 31.5 Å². The molecule has 1 atom stereocenters. The van der Waals surface area contributed by atoms with Crippen LogP contribution in [-0.4, -0.2) is 19.7 Å². The Bertz CT molecular complexity index is 601. The molecule has 2 aliphatic rings. The van der Waals surface area contributed by atoms with Crippen molar-refractivity contribution in [2.75, 3.05) is 5.75 Å².